The molecule has 0 aliphatic carbocycles. The molecule has 0 saturated carbocycles. The van der Waals surface area contributed by atoms with Gasteiger partial charge in [0.2, 0.25) is 0 Å². The van der Waals surface area contributed by atoms with Crippen molar-refractivity contribution in [3.8, 4) is 0 Å². The minimum atomic E-state index is -0.0811. The van der Waals surface area contributed by atoms with Crippen molar-refractivity contribution in [1.29, 1.82) is 5.41 Å². The average molecular weight is 323 g/mol. The van der Waals surface area contributed by atoms with Gasteiger partial charge in [-0.2, -0.15) is 0 Å². The highest BCUT2D eigenvalue weighted by Crippen LogP contribution is 2.33. The first-order valence-electron chi connectivity index (χ1n) is 6.39. The molecule has 21 heavy (non-hydrogen) atoms. The lowest BCUT2D eigenvalue weighted by Gasteiger charge is -2.28. The lowest BCUT2D eigenvalue weighted by atomic mass is 10.1. The van der Waals surface area contributed by atoms with Gasteiger partial charge in [-0.3, -0.25) is 5.41 Å². The number of benzene rings is 1. The van der Waals surface area contributed by atoms with Crippen molar-refractivity contribution in [2.24, 2.45) is 5.73 Å². The number of amidine groups is 1. The Morgan fingerprint density at radius 3 is 2.57 bits per heavy atom. The van der Waals surface area contributed by atoms with Gasteiger partial charge in [-0.05, 0) is 24.6 Å². The van der Waals surface area contributed by atoms with Crippen LogP contribution in [-0.2, 0) is 0 Å². The summed E-state index contributed by atoms with van der Waals surface area (Å²) in [5.74, 6) is 0.485. The highest BCUT2D eigenvalue weighted by molar-refractivity contribution is 6.36. The maximum atomic E-state index is 7.55. The number of pyridine rings is 1. The monoisotopic (exact) mass is 322 g/mol. The number of nitrogens with zero attached hydrogens (tertiary/aromatic N) is 2. The topological polar surface area (TPSA) is 66.0 Å². The van der Waals surface area contributed by atoms with E-state index in [4.69, 9.17) is 34.3 Å². The van der Waals surface area contributed by atoms with Crippen molar-refractivity contribution >= 4 is 34.9 Å². The van der Waals surface area contributed by atoms with Gasteiger partial charge in [-0.25, -0.2) is 4.98 Å². The fourth-order valence-corrected chi connectivity index (χ4v) is 2.73. The molecule has 2 aromatic rings. The summed E-state index contributed by atoms with van der Waals surface area (Å²) >= 11 is 12.5. The summed E-state index contributed by atoms with van der Waals surface area (Å²) in [6, 6.07) is 9.24. The Morgan fingerprint density at radius 2 is 1.95 bits per heavy atom. The third kappa shape index (κ3) is 3.12. The summed E-state index contributed by atoms with van der Waals surface area (Å²) in [7, 11) is 1.88. The van der Waals surface area contributed by atoms with Crippen LogP contribution >= 0.6 is 23.2 Å². The van der Waals surface area contributed by atoms with E-state index in [9.17, 15) is 0 Å². The second-order valence-electron chi connectivity index (χ2n) is 4.72. The summed E-state index contributed by atoms with van der Waals surface area (Å²) in [6.07, 6.45) is 1.59. The molecule has 1 aromatic heterocycles. The van der Waals surface area contributed by atoms with Crippen molar-refractivity contribution in [2.75, 3.05) is 11.9 Å². The fraction of sp³-hybridized carbons (Fsp3) is 0.200. The number of rotatable bonds is 4. The van der Waals surface area contributed by atoms with Crippen LogP contribution in [0.4, 0.5) is 5.82 Å². The van der Waals surface area contributed by atoms with Crippen molar-refractivity contribution in [3.05, 3.63) is 57.7 Å². The van der Waals surface area contributed by atoms with Gasteiger partial charge in [0.1, 0.15) is 11.7 Å². The third-order valence-corrected chi connectivity index (χ3v) is 4.15. The van der Waals surface area contributed by atoms with Crippen LogP contribution in [-0.4, -0.2) is 17.9 Å². The van der Waals surface area contributed by atoms with Gasteiger partial charge in [-0.15, -0.1) is 0 Å². The van der Waals surface area contributed by atoms with Crippen LogP contribution in [0.25, 0.3) is 0 Å². The zero-order valence-corrected chi connectivity index (χ0v) is 13.3. The van der Waals surface area contributed by atoms with Crippen molar-refractivity contribution in [3.63, 3.8) is 0 Å². The van der Waals surface area contributed by atoms with E-state index in [2.05, 4.69) is 4.98 Å². The summed E-state index contributed by atoms with van der Waals surface area (Å²) in [5.41, 5.74) is 6.98. The SMILES string of the molecule is CC(c1ccccc1Cl)N(C)c1nccc(C(=N)N)c1Cl. The van der Waals surface area contributed by atoms with Crippen LogP contribution in [0.15, 0.2) is 36.5 Å². The Labute approximate surface area is 134 Å². The van der Waals surface area contributed by atoms with Crippen LogP contribution in [0.1, 0.15) is 24.1 Å². The van der Waals surface area contributed by atoms with E-state index in [0.29, 0.717) is 21.4 Å². The first-order chi connectivity index (χ1) is 9.93. The first kappa shape index (κ1) is 15.6. The molecule has 6 heteroatoms. The lowest BCUT2D eigenvalue weighted by Crippen LogP contribution is -2.24. The Hall–Kier alpha value is -1.78. The van der Waals surface area contributed by atoms with E-state index in [1.54, 1.807) is 12.3 Å². The molecule has 0 spiro atoms. The summed E-state index contributed by atoms with van der Waals surface area (Å²) in [4.78, 5) is 6.21. The Bertz CT molecular complexity index is 672. The maximum Gasteiger partial charge on any atom is 0.148 e. The molecule has 110 valence electrons. The smallest absolute Gasteiger partial charge is 0.148 e. The first-order valence-corrected chi connectivity index (χ1v) is 7.15. The number of nitrogens with two attached hydrogens (primary N) is 1. The van der Waals surface area contributed by atoms with E-state index in [-0.39, 0.29) is 11.9 Å². The van der Waals surface area contributed by atoms with Crippen molar-refractivity contribution < 1.29 is 0 Å². The number of nitrogen functional groups attached to an aromatic ring is 1. The van der Waals surface area contributed by atoms with E-state index in [1.807, 2.05) is 43.1 Å². The number of halogens is 2. The zero-order valence-electron chi connectivity index (χ0n) is 11.8. The summed E-state index contributed by atoms with van der Waals surface area (Å²) in [6.45, 7) is 2.01. The molecule has 1 heterocycles. The molecule has 3 N–H and O–H groups in total. The van der Waals surface area contributed by atoms with Gasteiger partial charge in [0, 0.05) is 23.8 Å². The molecular formula is C15H16Cl2N4. The molecule has 2 rings (SSSR count). The molecule has 0 aliphatic rings. The number of hydrogen-bond acceptors (Lipinski definition) is 3. The van der Waals surface area contributed by atoms with Gasteiger partial charge >= 0.3 is 0 Å². The van der Waals surface area contributed by atoms with Crippen molar-refractivity contribution in [1.82, 2.24) is 4.98 Å². The van der Waals surface area contributed by atoms with Gasteiger partial charge in [0.25, 0.3) is 0 Å². The Morgan fingerprint density at radius 1 is 1.29 bits per heavy atom. The minimum absolute atomic E-state index is 0.0223. The van der Waals surface area contributed by atoms with Gasteiger partial charge in [0.15, 0.2) is 0 Å². The molecule has 0 radical (unpaired) electrons. The fourth-order valence-electron chi connectivity index (χ4n) is 2.09. The molecule has 1 aromatic carbocycles. The third-order valence-electron chi connectivity index (χ3n) is 3.43. The molecule has 0 aliphatic heterocycles. The highest BCUT2D eigenvalue weighted by Gasteiger charge is 2.20. The lowest BCUT2D eigenvalue weighted by molar-refractivity contribution is 0.729. The number of nitrogens with one attached hydrogen (secondary N) is 1. The van der Waals surface area contributed by atoms with Crippen LogP contribution in [0, 0.1) is 5.41 Å². The molecule has 1 unspecified atom stereocenters. The highest BCUT2D eigenvalue weighted by atomic mass is 35.5. The Kier molecular flexibility index (Phi) is 4.70. The zero-order chi connectivity index (χ0) is 15.6. The van der Waals surface area contributed by atoms with Crippen molar-refractivity contribution in [2.45, 2.75) is 13.0 Å². The Balaban J connectivity index is 2.41. The second-order valence-corrected chi connectivity index (χ2v) is 5.50. The van der Waals surface area contributed by atoms with E-state index in [1.165, 1.54) is 0 Å². The van der Waals surface area contributed by atoms with Crippen LogP contribution in [0.5, 0.6) is 0 Å². The predicted molar refractivity (Wildman–Crippen MR) is 88.5 cm³/mol. The molecule has 4 nitrogen and oxygen atoms in total. The molecule has 1 atom stereocenters. The minimum Gasteiger partial charge on any atom is -0.384 e. The number of aromatic nitrogens is 1. The predicted octanol–water partition coefficient (Wildman–Crippen LogP) is 3.87. The average Bonchev–Trinajstić information content (AvgIpc) is 2.46. The molecule has 0 saturated heterocycles. The normalized spacial score (nSPS) is 12.0. The maximum absolute atomic E-state index is 7.55. The largest absolute Gasteiger partial charge is 0.384 e. The number of anilines is 1. The van der Waals surface area contributed by atoms with Crippen LogP contribution in [0.3, 0.4) is 0 Å². The summed E-state index contributed by atoms with van der Waals surface area (Å²) < 4.78 is 0. The van der Waals surface area contributed by atoms with E-state index >= 15 is 0 Å². The quantitative estimate of drug-likeness (QED) is 0.663. The van der Waals surface area contributed by atoms with E-state index < -0.39 is 0 Å². The van der Waals surface area contributed by atoms with Gasteiger partial charge < -0.3 is 10.6 Å². The van der Waals surface area contributed by atoms with Crippen LogP contribution < -0.4 is 10.6 Å². The summed E-state index contributed by atoms with van der Waals surface area (Å²) in [5, 5.41) is 8.60. The standard InChI is InChI=1S/C15H16Cl2N4/c1-9(10-5-3-4-6-12(10)16)21(2)15-13(17)11(14(18)19)7-8-20-15/h3-9H,1-2H3,(H3,18,19). The second kappa shape index (κ2) is 6.33. The van der Waals surface area contributed by atoms with Gasteiger partial charge in [0.05, 0.1) is 11.1 Å². The molecular weight excluding hydrogens is 307 g/mol. The van der Waals surface area contributed by atoms with Crippen LogP contribution in [0.2, 0.25) is 10.0 Å². The van der Waals surface area contributed by atoms with E-state index in [0.717, 1.165) is 5.56 Å². The number of hydrogen-bond donors (Lipinski definition) is 2. The molecule has 0 amide bonds. The van der Waals surface area contributed by atoms with Gasteiger partial charge in [-0.1, -0.05) is 41.4 Å². The molecule has 0 bridgehead atoms. The molecule has 0 fully saturated rings.